The summed E-state index contributed by atoms with van der Waals surface area (Å²) in [5.41, 5.74) is 1.08. The van der Waals surface area contributed by atoms with Gasteiger partial charge in [-0.1, -0.05) is 0 Å². The molecular weight excluding hydrogens is 248 g/mol. The van der Waals surface area contributed by atoms with Gasteiger partial charge in [-0.2, -0.15) is 0 Å². The quantitative estimate of drug-likeness (QED) is 0.831. The molecule has 0 radical (unpaired) electrons. The molecule has 0 aliphatic rings. The van der Waals surface area contributed by atoms with Crippen LogP contribution in [-0.2, 0) is 11.2 Å². The minimum Gasteiger partial charge on any atom is -0.481 e. The molecule has 7 nitrogen and oxygen atoms in total. The predicted molar refractivity (Wildman–Crippen MR) is 66.6 cm³/mol. The number of H-pyrrole nitrogens is 1. The highest BCUT2D eigenvalue weighted by molar-refractivity contribution is 5.67. The van der Waals surface area contributed by atoms with Gasteiger partial charge in [0.2, 0.25) is 0 Å². The van der Waals surface area contributed by atoms with Crippen molar-refractivity contribution in [3.8, 4) is 11.5 Å². The molecule has 2 N–H and O–H groups in total. The lowest BCUT2D eigenvalue weighted by Gasteiger charge is -2.05. The van der Waals surface area contributed by atoms with E-state index < -0.39 is 5.97 Å². The second-order valence-electron chi connectivity index (χ2n) is 3.97. The number of carboxylic acid groups (broad SMARTS) is 1. The van der Waals surface area contributed by atoms with Crippen LogP contribution >= 0.6 is 0 Å². The number of aromatic amines is 1. The average molecular weight is 260 g/mol. The Morgan fingerprint density at radius 3 is 2.84 bits per heavy atom. The van der Waals surface area contributed by atoms with Crippen molar-refractivity contribution in [1.29, 1.82) is 0 Å². The van der Waals surface area contributed by atoms with E-state index in [2.05, 4.69) is 19.9 Å². The first kappa shape index (κ1) is 12.9. The Balaban J connectivity index is 2.37. The van der Waals surface area contributed by atoms with Gasteiger partial charge in [0.15, 0.2) is 5.82 Å². The van der Waals surface area contributed by atoms with Crippen molar-refractivity contribution >= 4 is 5.97 Å². The maximum absolute atomic E-state index is 11.9. The zero-order valence-corrected chi connectivity index (χ0v) is 10.3. The number of aliphatic carboxylic acids is 1. The molecule has 0 bridgehead atoms. The Morgan fingerprint density at radius 1 is 1.47 bits per heavy atom. The molecule has 0 amide bonds. The molecule has 0 aliphatic heterocycles. The minimum absolute atomic E-state index is 0.0988. The lowest BCUT2D eigenvalue weighted by Crippen LogP contribution is -2.18. The maximum Gasteiger partial charge on any atom is 0.303 e. The van der Waals surface area contributed by atoms with Crippen LogP contribution in [0.4, 0.5) is 0 Å². The Bertz CT molecular complexity index is 652. The van der Waals surface area contributed by atoms with Crippen LogP contribution in [0.1, 0.15) is 17.7 Å². The number of hydrogen-bond acceptors (Lipinski definition) is 5. The van der Waals surface area contributed by atoms with Crippen molar-refractivity contribution in [2.75, 3.05) is 0 Å². The number of carbonyl (C=O) groups is 1. The molecule has 0 saturated heterocycles. The first-order chi connectivity index (χ1) is 9.08. The normalized spacial score (nSPS) is 10.4. The standard InChI is InChI=1S/C12H12N4O3/c1-7-8(2-3-10(17)18)12(19)16-11(15-7)9-4-5-13-6-14-9/h4-6H,2-3H2,1H3,(H,17,18)(H,15,16,19). The topological polar surface area (TPSA) is 109 Å². The minimum atomic E-state index is -0.946. The van der Waals surface area contributed by atoms with E-state index in [1.165, 1.54) is 6.33 Å². The highest BCUT2D eigenvalue weighted by Gasteiger charge is 2.11. The first-order valence-corrected chi connectivity index (χ1v) is 5.66. The van der Waals surface area contributed by atoms with Gasteiger partial charge >= 0.3 is 5.97 Å². The van der Waals surface area contributed by atoms with Gasteiger partial charge in [-0.05, 0) is 19.4 Å². The number of hydrogen-bond donors (Lipinski definition) is 2. The molecule has 98 valence electrons. The van der Waals surface area contributed by atoms with E-state index in [0.29, 0.717) is 22.8 Å². The molecule has 7 heteroatoms. The fraction of sp³-hybridized carbons (Fsp3) is 0.250. The van der Waals surface area contributed by atoms with Gasteiger partial charge in [-0.3, -0.25) is 9.59 Å². The van der Waals surface area contributed by atoms with Crippen molar-refractivity contribution in [2.24, 2.45) is 0 Å². The zero-order chi connectivity index (χ0) is 13.8. The second-order valence-corrected chi connectivity index (χ2v) is 3.97. The van der Waals surface area contributed by atoms with Crippen LogP contribution in [0.25, 0.3) is 11.5 Å². The van der Waals surface area contributed by atoms with Crippen LogP contribution in [0.3, 0.4) is 0 Å². The SMILES string of the molecule is Cc1nc(-c2ccncn2)[nH]c(=O)c1CCC(=O)O. The zero-order valence-electron chi connectivity index (χ0n) is 10.3. The molecule has 0 fully saturated rings. The van der Waals surface area contributed by atoms with E-state index in [1.807, 2.05) is 0 Å². The third-order valence-electron chi connectivity index (χ3n) is 2.64. The Morgan fingerprint density at radius 2 is 2.26 bits per heavy atom. The lowest BCUT2D eigenvalue weighted by molar-refractivity contribution is -0.136. The maximum atomic E-state index is 11.9. The van der Waals surface area contributed by atoms with E-state index in [-0.39, 0.29) is 18.4 Å². The lowest BCUT2D eigenvalue weighted by atomic mass is 10.1. The average Bonchev–Trinajstić information content (AvgIpc) is 2.38. The molecule has 19 heavy (non-hydrogen) atoms. The van der Waals surface area contributed by atoms with E-state index in [0.717, 1.165) is 0 Å². The molecule has 0 aromatic carbocycles. The van der Waals surface area contributed by atoms with Gasteiger partial charge in [0.25, 0.3) is 5.56 Å². The number of nitrogens with zero attached hydrogens (tertiary/aromatic N) is 3. The number of rotatable bonds is 4. The van der Waals surface area contributed by atoms with E-state index in [1.54, 1.807) is 19.2 Å². The van der Waals surface area contributed by atoms with Crippen molar-refractivity contribution in [3.63, 3.8) is 0 Å². The predicted octanol–water partition coefficient (Wildman–Crippen LogP) is 0.553. The molecule has 2 rings (SSSR count). The van der Waals surface area contributed by atoms with Crippen LogP contribution in [0.2, 0.25) is 0 Å². The Kier molecular flexibility index (Phi) is 3.65. The molecule has 0 aliphatic carbocycles. The summed E-state index contributed by atoms with van der Waals surface area (Å²) in [6.45, 7) is 1.68. The van der Waals surface area contributed by atoms with Crippen LogP contribution in [0.5, 0.6) is 0 Å². The molecule has 0 spiro atoms. The molecule has 0 unspecified atom stereocenters. The number of aryl methyl sites for hydroxylation is 1. The van der Waals surface area contributed by atoms with E-state index >= 15 is 0 Å². The summed E-state index contributed by atoms with van der Waals surface area (Å²) in [5.74, 6) is -0.595. The van der Waals surface area contributed by atoms with Crippen LogP contribution in [0.15, 0.2) is 23.4 Å². The fourth-order valence-corrected chi connectivity index (χ4v) is 1.69. The van der Waals surface area contributed by atoms with Gasteiger partial charge < -0.3 is 10.1 Å². The molecule has 2 aromatic rings. The first-order valence-electron chi connectivity index (χ1n) is 5.66. The summed E-state index contributed by atoms with van der Waals surface area (Å²) < 4.78 is 0. The molecule has 0 atom stereocenters. The van der Waals surface area contributed by atoms with Crippen LogP contribution in [-0.4, -0.2) is 31.0 Å². The van der Waals surface area contributed by atoms with Crippen molar-refractivity contribution < 1.29 is 9.90 Å². The summed E-state index contributed by atoms with van der Waals surface area (Å²) in [6, 6.07) is 1.63. The van der Waals surface area contributed by atoms with Gasteiger partial charge in [0.05, 0.1) is 0 Å². The summed E-state index contributed by atoms with van der Waals surface area (Å²) in [7, 11) is 0. The Hall–Kier alpha value is -2.57. The summed E-state index contributed by atoms with van der Waals surface area (Å²) >= 11 is 0. The van der Waals surface area contributed by atoms with Crippen molar-refractivity contribution in [2.45, 2.75) is 19.8 Å². The number of nitrogens with one attached hydrogen (secondary N) is 1. The van der Waals surface area contributed by atoms with Crippen molar-refractivity contribution in [3.05, 3.63) is 40.2 Å². The smallest absolute Gasteiger partial charge is 0.303 e. The highest BCUT2D eigenvalue weighted by Crippen LogP contribution is 2.11. The van der Waals surface area contributed by atoms with Gasteiger partial charge in [0.1, 0.15) is 12.0 Å². The van der Waals surface area contributed by atoms with Crippen LogP contribution < -0.4 is 5.56 Å². The molecular formula is C12H12N4O3. The number of carboxylic acids is 1. The third-order valence-corrected chi connectivity index (χ3v) is 2.64. The largest absolute Gasteiger partial charge is 0.481 e. The van der Waals surface area contributed by atoms with Gasteiger partial charge in [0, 0.05) is 23.9 Å². The molecule has 2 aromatic heterocycles. The Labute approximate surface area is 108 Å². The summed E-state index contributed by atoms with van der Waals surface area (Å²) in [5, 5.41) is 8.64. The van der Waals surface area contributed by atoms with Crippen molar-refractivity contribution in [1.82, 2.24) is 19.9 Å². The molecule has 2 heterocycles. The van der Waals surface area contributed by atoms with E-state index in [9.17, 15) is 9.59 Å². The fourth-order valence-electron chi connectivity index (χ4n) is 1.69. The molecule has 0 saturated carbocycles. The number of aromatic nitrogens is 4. The summed E-state index contributed by atoms with van der Waals surface area (Å²) in [4.78, 5) is 37.1. The highest BCUT2D eigenvalue weighted by atomic mass is 16.4. The monoisotopic (exact) mass is 260 g/mol. The summed E-state index contributed by atoms with van der Waals surface area (Å²) in [6.07, 6.45) is 2.98. The van der Waals surface area contributed by atoms with Crippen LogP contribution in [0, 0.1) is 6.92 Å². The van der Waals surface area contributed by atoms with Gasteiger partial charge in [-0.15, -0.1) is 0 Å². The third kappa shape index (κ3) is 3.01. The van der Waals surface area contributed by atoms with E-state index in [4.69, 9.17) is 5.11 Å². The van der Waals surface area contributed by atoms with Gasteiger partial charge in [-0.25, -0.2) is 15.0 Å². The second kappa shape index (κ2) is 5.38.